The molecule has 0 atom stereocenters. The Labute approximate surface area is 126 Å². The van der Waals surface area contributed by atoms with E-state index in [1.54, 1.807) is 19.1 Å². The molecule has 112 valence electrons. The van der Waals surface area contributed by atoms with E-state index in [1.807, 2.05) is 6.92 Å². The predicted octanol–water partition coefficient (Wildman–Crippen LogP) is 2.43. The highest BCUT2D eigenvalue weighted by molar-refractivity contribution is 7.93. The second-order valence-electron chi connectivity index (χ2n) is 4.17. The molecule has 0 radical (unpaired) electrons. The number of aryl methyl sites for hydroxylation is 1. The van der Waals surface area contributed by atoms with Crippen molar-refractivity contribution in [2.75, 3.05) is 11.3 Å². The van der Waals surface area contributed by atoms with Gasteiger partial charge in [0.25, 0.3) is 10.0 Å². The van der Waals surface area contributed by atoms with E-state index in [0.717, 1.165) is 16.9 Å². The molecule has 21 heavy (non-hydrogen) atoms. The molecule has 8 heteroatoms. The number of thiazole rings is 1. The number of anilines is 1. The molecule has 0 aliphatic rings. The minimum Gasteiger partial charge on any atom is -0.462 e. The summed E-state index contributed by atoms with van der Waals surface area (Å²) in [5.41, 5.74) is 0.966. The second-order valence-corrected chi connectivity index (χ2v) is 6.88. The Bertz CT molecular complexity index is 736. The maximum atomic E-state index is 12.2. The third kappa shape index (κ3) is 3.79. The summed E-state index contributed by atoms with van der Waals surface area (Å²) in [6.45, 7) is 3.82. The molecule has 6 nitrogen and oxygen atoms in total. The number of benzene rings is 1. The van der Waals surface area contributed by atoms with Gasteiger partial charge in [-0.1, -0.05) is 29.0 Å². The molecule has 2 rings (SSSR count). The Kier molecular flexibility index (Phi) is 4.59. The highest BCUT2D eigenvalue weighted by atomic mass is 32.2. The van der Waals surface area contributed by atoms with Crippen LogP contribution in [0.25, 0.3) is 0 Å². The van der Waals surface area contributed by atoms with Crippen molar-refractivity contribution in [3.8, 4) is 0 Å². The molecule has 0 bridgehead atoms. The van der Waals surface area contributed by atoms with Crippen molar-refractivity contribution in [1.82, 2.24) is 4.98 Å². The van der Waals surface area contributed by atoms with Crippen LogP contribution in [0.4, 0.5) is 5.13 Å². The van der Waals surface area contributed by atoms with Crippen LogP contribution in [0.15, 0.2) is 35.4 Å². The Balaban J connectivity index is 2.17. The number of hydrogen-bond acceptors (Lipinski definition) is 6. The molecule has 0 saturated carbocycles. The van der Waals surface area contributed by atoms with E-state index >= 15 is 0 Å². The number of carbonyl (C=O) groups is 1. The monoisotopic (exact) mass is 326 g/mol. The van der Waals surface area contributed by atoms with E-state index < -0.39 is 16.0 Å². The Morgan fingerprint density at radius 1 is 1.33 bits per heavy atom. The van der Waals surface area contributed by atoms with E-state index in [4.69, 9.17) is 4.74 Å². The number of aromatic nitrogens is 1. The van der Waals surface area contributed by atoms with Gasteiger partial charge in [0.2, 0.25) is 0 Å². The van der Waals surface area contributed by atoms with Gasteiger partial charge in [-0.05, 0) is 26.0 Å². The molecular weight excluding hydrogens is 312 g/mol. The molecule has 0 aliphatic heterocycles. The maximum Gasteiger partial charge on any atom is 0.350 e. The maximum absolute atomic E-state index is 12.2. The summed E-state index contributed by atoms with van der Waals surface area (Å²) in [6, 6.07) is 6.44. The summed E-state index contributed by atoms with van der Waals surface area (Å²) in [6.07, 6.45) is 1.29. The fourth-order valence-electron chi connectivity index (χ4n) is 1.51. The Hall–Kier alpha value is -1.93. The van der Waals surface area contributed by atoms with Gasteiger partial charge < -0.3 is 4.74 Å². The van der Waals surface area contributed by atoms with Crippen molar-refractivity contribution in [2.45, 2.75) is 18.7 Å². The average Bonchev–Trinajstić information content (AvgIpc) is 2.87. The van der Waals surface area contributed by atoms with Crippen molar-refractivity contribution in [2.24, 2.45) is 0 Å². The third-order valence-electron chi connectivity index (χ3n) is 2.54. The van der Waals surface area contributed by atoms with Gasteiger partial charge in [0.1, 0.15) is 4.88 Å². The number of nitrogens with one attached hydrogen (secondary N) is 1. The van der Waals surface area contributed by atoms with Crippen molar-refractivity contribution < 1.29 is 17.9 Å². The molecule has 1 heterocycles. The van der Waals surface area contributed by atoms with Crippen molar-refractivity contribution in [1.29, 1.82) is 0 Å². The minimum absolute atomic E-state index is 0.124. The van der Waals surface area contributed by atoms with E-state index in [1.165, 1.54) is 18.3 Å². The summed E-state index contributed by atoms with van der Waals surface area (Å²) in [7, 11) is -3.71. The van der Waals surface area contributed by atoms with E-state index in [0.29, 0.717) is 0 Å². The molecule has 1 N–H and O–H groups in total. The van der Waals surface area contributed by atoms with Crippen LogP contribution in [0.5, 0.6) is 0 Å². The lowest BCUT2D eigenvalue weighted by molar-refractivity contribution is 0.0532. The molecule has 0 aliphatic carbocycles. The molecule has 0 saturated heterocycles. The lowest BCUT2D eigenvalue weighted by atomic mass is 10.2. The molecule has 2 aromatic rings. The number of nitrogens with zero attached hydrogens (tertiary/aromatic N) is 1. The zero-order valence-corrected chi connectivity index (χ0v) is 13.1. The predicted molar refractivity (Wildman–Crippen MR) is 80.1 cm³/mol. The van der Waals surface area contributed by atoms with Gasteiger partial charge in [0.05, 0.1) is 17.7 Å². The SMILES string of the molecule is CCOC(=O)c1cnc(NS(=O)(=O)c2ccc(C)cc2)s1. The highest BCUT2D eigenvalue weighted by Gasteiger charge is 2.18. The van der Waals surface area contributed by atoms with Crippen LogP contribution in [0, 0.1) is 6.92 Å². The first-order valence-corrected chi connectivity index (χ1v) is 8.45. The van der Waals surface area contributed by atoms with Gasteiger partial charge in [-0.2, -0.15) is 0 Å². The van der Waals surface area contributed by atoms with Crippen LogP contribution >= 0.6 is 11.3 Å². The first-order valence-electron chi connectivity index (χ1n) is 6.15. The van der Waals surface area contributed by atoms with Crippen molar-refractivity contribution >= 4 is 32.5 Å². The summed E-state index contributed by atoms with van der Waals surface area (Å²) < 4.78 is 31.5. The molecule has 0 amide bonds. The number of sulfonamides is 1. The fourth-order valence-corrected chi connectivity index (χ4v) is 3.46. The van der Waals surface area contributed by atoms with Gasteiger partial charge in [-0.25, -0.2) is 18.2 Å². The van der Waals surface area contributed by atoms with E-state index in [-0.39, 0.29) is 21.5 Å². The molecule has 1 aromatic heterocycles. The van der Waals surface area contributed by atoms with Gasteiger partial charge in [-0.3, -0.25) is 4.72 Å². The van der Waals surface area contributed by atoms with Crippen LogP contribution in [0.2, 0.25) is 0 Å². The van der Waals surface area contributed by atoms with Gasteiger partial charge in [-0.15, -0.1) is 0 Å². The zero-order chi connectivity index (χ0) is 15.5. The number of ether oxygens (including phenoxy) is 1. The topological polar surface area (TPSA) is 85.4 Å². The third-order valence-corrected chi connectivity index (χ3v) is 4.91. The number of hydrogen-bond donors (Lipinski definition) is 1. The van der Waals surface area contributed by atoms with Crippen LogP contribution < -0.4 is 4.72 Å². The van der Waals surface area contributed by atoms with Crippen LogP contribution in [0.3, 0.4) is 0 Å². The summed E-state index contributed by atoms with van der Waals surface area (Å²) in [4.78, 5) is 15.8. The van der Waals surface area contributed by atoms with Gasteiger partial charge in [0, 0.05) is 0 Å². The normalized spacial score (nSPS) is 11.1. The Morgan fingerprint density at radius 3 is 2.62 bits per heavy atom. The van der Waals surface area contributed by atoms with Crippen molar-refractivity contribution in [3.05, 3.63) is 40.9 Å². The van der Waals surface area contributed by atoms with Gasteiger partial charge in [0.15, 0.2) is 5.13 Å². The standard InChI is InChI=1S/C13H14N2O4S2/c1-3-19-12(16)11-8-14-13(20-11)15-21(17,18)10-6-4-9(2)5-7-10/h4-8H,3H2,1-2H3,(H,14,15). The molecule has 1 aromatic carbocycles. The van der Waals surface area contributed by atoms with E-state index in [2.05, 4.69) is 9.71 Å². The average molecular weight is 326 g/mol. The molecule has 0 unspecified atom stereocenters. The number of carbonyl (C=O) groups excluding carboxylic acids is 1. The highest BCUT2D eigenvalue weighted by Crippen LogP contribution is 2.22. The minimum atomic E-state index is -3.71. The van der Waals surface area contributed by atoms with Crippen molar-refractivity contribution in [3.63, 3.8) is 0 Å². The summed E-state index contributed by atoms with van der Waals surface area (Å²) in [5, 5.41) is 0.124. The van der Waals surface area contributed by atoms with E-state index in [9.17, 15) is 13.2 Å². The number of esters is 1. The van der Waals surface area contributed by atoms with Gasteiger partial charge >= 0.3 is 5.97 Å². The largest absolute Gasteiger partial charge is 0.462 e. The molecular formula is C13H14N2O4S2. The molecule has 0 spiro atoms. The zero-order valence-electron chi connectivity index (χ0n) is 11.5. The van der Waals surface area contributed by atoms with Crippen LogP contribution in [-0.4, -0.2) is 26.0 Å². The fraction of sp³-hybridized carbons (Fsp3) is 0.231. The smallest absolute Gasteiger partial charge is 0.350 e. The summed E-state index contributed by atoms with van der Waals surface area (Å²) >= 11 is 0.930. The Morgan fingerprint density at radius 2 is 2.00 bits per heavy atom. The second kappa shape index (κ2) is 6.23. The summed E-state index contributed by atoms with van der Waals surface area (Å²) in [5.74, 6) is -0.518. The number of rotatable bonds is 5. The first-order chi connectivity index (χ1) is 9.92. The van der Waals surface area contributed by atoms with Crippen LogP contribution in [0.1, 0.15) is 22.2 Å². The lowest BCUT2D eigenvalue weighted by Gasteiger charge is -2.05. The lowest BCUT2D eigenvalue weighted by Crippen LogP contribution is -2.12. The molecule has 0 fully saturated rings. The van der Waals surface area contributed by atoms with Crippen LogP contribution in [-0.2, 0) is 14.8 Å². The first kappa shape index (κ1) is 15.5. The quantitative estimate of drug-likeness (QED) is 0.853.